The van der Waals surface area contributed by atoms with Crippen LogP contribution in [-0.2, 0) is 12.8 Å². The molecule has 0 aliphatic rings. The fraction of sp³-hybridized carbons (Fsp3) is 0.250. The summed E-state index contributed by atoms with van der Waals surface area (Å²) in [7, 11) is 0. The van der Waals surface area contributed by atoms with Crippen LogP contribution in [0, 0.1) is 17.6 Å². The number of hydrogen-bond donors (Lipinski definition) is 0. The topological polar surface area (TPSA) is 0 Å². The summed E-state index contributed by atoms with van der Waals surface area (Å²) in [5, 5.41) is 0.925. The first-order valence-corrected chi connectivity index (χ1v) is 7.83. The normalized spacial score (nSPS) is 12.4. The molecule has 2 rings (SSSR count). The lowest BCUT2D eigenvalue weighted by Crippen LogP contribution is -2.10. The second kappa shape index (κ2) is 7.19. The Hall–Kier alpha value is -0.930. The molecular formula is C16H14BrClF2. The average Bonchev–Trinajstić information content (AvgIpc) is 2.43. The Labute approximate surface area is 130 Å². The number of rotatable bonds is 5. The van der Waals surface area contributed by atoms with Crippen molar-refractivity contribution in [2.45, 2.75) is 12.8 Å². The second-order valence-corrected chi connectivity index (χ2v) is 5.80. The van der Waals surface area contributed by atoms with Crippen molar-refractivity contribution in [2.24, 2.45) is 5.92 Å². The van der Waals surface area contributed by atoms with Crippen LogP contribution in [0.3, 0.4) is 0 Å². The zero-order valence-electron chi connectivity index (χ0n) is 10.8. The lowest BCUT2D eigenvalue weighted by Gasteiger charge is -2.15. The van der Waals surface area contributed by atoms with Gasteiger partial charge in [-0.1, -0.05) is 51.8 Å². The van der Waals surface area contributed by atoms with Gasteiger partial charge in [0.05, 0.1) is 5.02 Å². The Kier molecular flexibility index (Phi) is 5.55. The predicted molar refractivity (Wildman–Crippen MR) is 82.5 cm³/mol. The smallest absolute Gasteiger partial charge is 0.142 e. The van der Waals surface area contributed by atoms with Crippen LogP contribution in [0.4, 0.5) is 8.78 Å². The highest BCUT2D eigenvalue weighted by molar-refractivity contribution is 9.09. The molecule has 0 aromatic heterocycles. The number of benzene rings is 2. The maximum atomic E-state index is 13.4. The molecule has 0 N–H and O–H groups in total. The van der Waals surface area contributed by atoms with Crippen LogP contribution in [0.2, 0.25) is 5.02 Å². The van der Waals surface area contributed by atoms with E-state index in [9.17, 15) is 8.78 Å². The molecule has 0 heterocycles. The third-order valence-electron chi connectivity index (χ3n) is 3.17. The van der Waals surface area contributed by atoms with Crippen LogP contribution in [0.25, 0.3) is 0 Å². The van der Waals surface area contributed by atoms with Crippen LogP contribution < -0.4 is 0 Å². The number of halogens is 4. The van der Waals surface area contributed by atoms with Crippen molar-refractivity contribution in [1.29, 1.82) is 0 Å². The molecule has 0 aliphatic carbocycles. The summed E-state index contributed by atoms with van der Waals surface area (Å²) in [5.74, 6) is -0.404. The van der Waals surface area contributed by atoms with Gasteiger partial charge in [-0.2, -0.15) is 0 Å². The van der Waals surface area contributed by atoms with E-state index in [0.29, 0.717) is 6.42 Å². The van der Waals surface area contributed by atoms with E-state index in [0.717, 1.165) is 22.9 Å². The number of hydrogen-bond acceptors (Lipinski definition) is 0. The monoisotopic (exact) mass is 358 g/mol. The first-order chi connectivity index (χ1) is 9.60. The zero-order chi connectivity index (χ0) is 14.5. The van der Waals surface area contributed by atoms with Gasteiger partial charge >= 0.3 is 0 Å². The molecule has 0 saturated carbocycles. The minimum atomic E-state index is -0.400. The molecule has 2 aromatic carbocycles. The van der Waals surface area contributed by atoms with E-state index in [2.05, 4.69) is 15.9 Å². The highest BCUT2D eigenvalue weighted by atomic mass is 79.9. The molecule has 1 unspecified atom stereocenters. The molecule has 0 nitrogen and oxygen atoms in total. The van der Waals surface area contributed by atoms with Crippen LogP contribution in [0.1, 0.15) is 11.1 Å². The van der Waals surface area contributed by atoms with Crippen molar-refractivity contribution in [3.8, 4) is 0 Å². The Morgan fingerprint density at radius 3 is 2.50 bits per heavy atom. The molecule has 0 fully saturated rings. The molecular weight excluding hydrogens is 346 g/mol. The van der Waals surface area contributed by atoms with Crippen molar-refractivity contribution in [2.75, 3.05) is 5.33 Å². The SMILES string of the molecule is Fc1cccc(CC(CBr)Cc2cccc(F)c2Cl)c1. The van der Waals surface area contributed by atoms with Gasteiger partial charge in [0, 0.05) is 5.33 Å². The van der Waals surface area contributed by atoms with Crippen LogP contribution in [0.15, 0.2) is 42.5 Å². The van der Waals surface area contributed by atoms with Gasteiger partial charge in [-0.15, -0.1) is 0 Å². The molecule has 20 heavy (non-hydrogen) atoms. The maximum absolute atomic E-state index is 13.4. The average molecular weight is 360 g/mol. The third kappa shape index (κ3) is 4.03. The second-order valence-electron chi connectivity index (χ2n) is 4.77. The van der Waals surface area contributed by atoms with E-state index in [1.807, 2.05) is 12.1 Å². The van der Waals surface area contributed by atoms with Crippen molar-refractivity contribution in [3.05, 3.63) is 70.2 Å². The first kappa shape index (κ1) is 15.5. The van der Waals surface area contributed by atoms with E-state index in [4.69, 9.17) is 11.6 Å². The minimum absolute atomic E-state index is 0.178. The number of alkyl halides is 1. The molecule has 0 saturated heterocycles. The van der Waals surface area contributed by atoms with Gasteiger partial charge in [-0.25, -0.2) is 8.78 Å². The van der Waals surface area contributed by atoms with Gasteiger partial charge < -0.3 is 0 Å². The van der Waals surface area contributed by atoms with Gasteiger partial charge in [-0.3, -0.25) is 0 Å². The highest BCUT2D eigenvalue weighted by Crippen LogP contribution is 2.25. The lowest BCUT2D eigenvalue weighted by atomic mass is 9.94. The molecule has 2 aromatic rings. The van der Waals surface area contributed by atoms with E-state index in [-0.39, 0.29) is 16.8 Å². The summed E-state index contributed by atoms with van der Waals surface area (Å²) in [6.45, 7) is 0. The van der Waals surface area contributed by atoms with Crippen LogP contribution in [-0.4, -0.2) is 5.33 Å². The summed E-state index contributed by atoms with van der Waals surface area (Å²) < 4.78 is 26.6. The Bertz CT molecular complexity index is 586. The van der Waals surface area contributed by atoms with Crippen LogP contribution in [0.5, 0.6) is 0 Å². The fourth-order valence-electron chi connectivity index (χ4n) is 2.20. The van der Waals surface area contributed by atoms with Gasteiger partial charge in [0.2, 0.25) is 0 Å². The van der Waals surface area contributed by atoms with E-state index >= 15 is 0 Å². The minimum Gasteiger partial charge on any atom is -0.207 e. The molecule has 1 atom stereocenters. The lowest BCUT2D eigenvalue weighted by molar-refractivity contribution is 0.576. The summed E-state index contributed by atoms with van der Waals surface area (Å²) in [6.07, 6.45) is 1.37. The summed E-state index contributed by atoms with van der Waals surface area (Å²) in [5.41, 5.74) is 1.72. The summed E-state index contributed by atoms with van der Waals surface area (Å²) in [6, 6.07) is 11.4. The van der Waals surface area contributed by atoms with Gasteiger partial charge in [-0.05, 0) is 48.1 Å². The maximum Gasteiger partial charge on any atom is 0.142 e. The Morgan fingerprint density at radius 2 is 1.80 bits per heavy atom. The Balaban J connectivity index is 2.11. The van der Waals surface area contributed by atoms with E-state index < -0.39 is 5.82 Å². The molecule has 0 radical (unpaired) electrons. The van der Waals surface area contributed by atoms with Gasteiger partial charge in [0.15, 0.2) is 0 Å². The molecule has 0 amide bonds. The quantitative estimate of drug-likeness (QED) is 0.626. The highest BCUT2D eigenvalue weighted by Gasteiger charge is 2.13. The fourth-order valence-corrected chi connectivity index (χ4v) is 2.86. The van der Waals surface area contributed by atoms with Crippen LogP contribution >= 0.6 is 27.5 Å². The third-order valence-corrected chi connectivity index (χ3v) is 4.51. The Morgan fingerprint density at radius 1 is 1.05 bits per heavy atom. The van der Waals surface area contributed by atoms with E-state index in [1.54, 1.807) is 12.1 Å². The summed E-state index contributed by atoms with van der Waals surface area (Å²) in [4.78, 5) is 0. The molecule has 0 spiro atoms. The molecule has 0 aliphatic heterocycles. The van der Waals surface area contributed by atoms with E-state index in [1.165, 1.54) is 18.2 Å². The molecule has 106 valence electrons. The molecule has 4 heteroatoms. The van der Waals surface area contributed by atoms with Crippen molar-refractivity contribution in [1.82, 2.24) is 0 Å². The van der Waals surface area contributed by atoms with Gasteiger partial charge in [0.25, 0.3) is 0 Å². The van der Waals surface area contributed by atoms with Crippen molar-refractivity contribution >= 4 is 27.5 Å². The summed E-state index contributed by atoms with van der Waals surface area (Å²) >= 11 is 9.43. The predicted octanol–water partition coefficient (Wildman–Crippen LogP) is 5.41. The first-order valence-electron chi connectivity index (χ1n) is 6.33. The molecule has 0 bridgehead atoms. The van der Waals surface area contributed by atoms with Crippen molar-refractivity contribution in [3.63, 3.8) is 0 Å². The largest absolute Gasteiger partial charge is 0.207 e. The van der Waals surface area contributed by atoms with Gasteiger partial charge in [0.1, 0.15) is 11.6 Å². The standard InChI is InChI=1S/C16H14BrClF2/c17-10-12(7-11-3-1-5-14(19)9-11)8-13-4-2-6-15(20)16(13)18/h1-6,9,12H,7-8,10H2. The zero-order valence-corrected chi connectivity index (χ0v) is 13.1. The van der Waals surface area contributed by atoms with Crippen molar-refractivity contribution < 1.29 is 8.78 Å².